The molecule has 3 heterocycles. The molecule has 1 atom stereocenters. The topological polar surface area (TPSA) is 75.0 Å². The molecule has 2 aromatic heterocycles. The number of fused-ring (bicyclic) bond motifs is 1. The summed E-state index contributed by atoms with van der Waals surface area (Å²) in [4.78, 5) is 7.54. The second-order valence-electron chi connectivity index (χ2n) is 7.75. The minimum absolute atomic E-state index is 0.0276. The van der Waals surface area contributed by atoms with E-state index in [9.17, 15) is 13.2 Å². The van der Waals surface area contributed by atoms with E-state index >= 15 is 0 Å². The van der Waals surface area contributed by atoms with E-state index in [0.29, 0.717) is 35.3 Å². The molecule has 0 saturated carbocycles. The number of aromatic nitrogens is 5. The molecule has 4 aromatic rings. The van der Waals surface area contributed by atoms with Gasteiger partial charge in [0, 0.05) is 17.6 Å². The van der Waals surface area contributed by atoms with Crippen molar-refractivity contribution in [1.82, 2.24) is 24.7 Å². The lowest BCUT2D eigenvalue weighted by atomic mass is 10.2. The molecule has 0 radical (unpaired) electrons. The average Bonchev–Trinajstić information content (AvgIpc) is 3.49. The predicted molar refractivity (Wildman–Crippen MR) is 120 cm³/mol. The molecule has 2 aromatic carbocycles. The van der Waals surface area contributed by atoms with E-state index < -0.39 is 12.0 Å². The van der Waals surface area contributed by atoms with Gasteiger partial charge in [-0.3, -0.25) is 4.57 Å². The number of rotatable bonds is 6. The summed E-state index contributed by atoms with van der Waals surface area (Å²) in [7, 11) is 1.59. The third kappa shape index (κ3) is 4.58. The zero-order valence-corrected chi connectivity index (χ0v) is 18.9. The Morgan fingerprint density at radius 2 is 1.88 bits per heavy atom. The van der Waals surface area contributed by atoms with Crippen LogP contribution in [0.2, 0.25) is 0 Å². The van der Waals surface area contributed by atoms with Gasteiger partial charge in [-0.2, -0.15) is 13.2 Å². The van der Waals surface area contributed by atoms with E-state index in [1.807, 2.05) is 28.8 Å². The van der Waals surface area contributed by atoms with Crippen molar-refractivity contribution in [3.8, 4) is 17.1 Å². The van der Waals surface area contributed by atoms with Gasteiger partial charge in [-0.05, 0) is 54.9 Å². The minimum atomic E-state index is -4.67. The van der Waals surface area contributed by atoms with Crippen LogP contribution in [0, 0.1) is 0 Å². The molecule has 7 nitrogen and oxygen atoms in total. The Kier molecular flexibility index (Phi) is 6.13. The van der Waals surface area contributed by atoms with Crippen LogP contribution in [0.25, 0.3) is 22.3 Å². The molecule has 1 aliphatic rings. The van der Waals surface area contributed by atoms with Crippen LogP contribution in [0.5, 0.6) is 5.75 Å². The van der Waals surface area contributed by atoms with Gasteiger partial charge >= 0.3 is 6.18 Å². The van der Waals surface area contributed by atoms with Crippen LogP contribution in [0.3, 0.4) is 0 Å². The van der Waals surface area contributed by atoms with Crippen molar-refractivity contribution in [1.29, 1.82) is 0 Å². The van der Waals surface area contributed by atoms with Gasteiger partial charge in [-0.1, -0.05) is 18.2 Å². The first-order chi connectivity index (χ1) is 16.4. The third-order valence-electron chi connectivity index (χ3n) is 5.49. The maximum atomic E-state index is 13.5. The Bertz CT molecular complexity index is 1300. The lowest BCUT2D eigenvalue weighted by Crippen LogP contribution is -2.17. The quantitative estimate of drug-likeness (QED) is 0.344. The first-order valence-electron chi connectivity index (χ1n) is 10.6. The minimum Gasteiger partial charge on any atom is -0.497 e. The number of alkyl halides is 3. The van der Waals surface area contributed by atoms with Crippen LogP contribution >= 0.6 is 11.8 Å². The van der Waals surface area contributed by atoms with Crippen LogP contribution < -0.4 is 4.74 Å². The lowest BCUT2D eigenvalue weighted by Gasteiger charge is -2.15. The number of ether oxygens (including phenoxy) is 2. The van der Waals surface area contributed by atoms with E-state index in [1.165, 1.54) is 6.07 Å². The van der Waals surface area contributed by atoms with Crippen molar-refractivity contribution in [2.24, 2.45) is 0 Å². The summed E-state index contributed by atoms with van der Waals surface area (Å²) in [6.45, 7) is 1.16. The van der Waals surface area contributed by atoms with Crippen molar-refractivity contribution in [3.63, 3.8) is 0 Å². The Morgan fingerprint density at radius 1 is 1.09 bits per heavy atom. The Labute approximate surface area is 197 Å². The molecule has 1 saturated heterocycles. The van der Waals surface area contributed by atoms with Gasteiger partial charge in [0.15, 0.2) is 11.0 Å². The van der Waals surface area contributed by atoms with Gasteiger partial charge in [0.2, 0.25) is 5.82 Å². The molecule has 0 spiro atoms. The maximum Gasteiger partial charge on any atom is 0.451 e. The van der Waals surface area contributed by atoms with Gasteiger partial charge in [-0.15, -0.1) is 10.2 Å². The van der Waals surface area contributed by atoms with Crippen molar-refractivity contribution in [2.75, 3.05) is 13.7 Å². The Morgan fingerprint density at radius 3 is 2.59 bits per heavy atom. The predicted octanol–water partition coefficient (Wildman–Crippen LogP) is 5.25. The highest BCUT2D eigenvalue weighted by Gasteiger charge is 2.36. The van der Waals surface area contributed by atoms with Crippen molar-refractivity contribution >= 4 is 22.7 Å². The molecule has 1 aliphatic heterocycles. The van der Waals surface area contributed by atoms with Crippen molar-refractivity contribution in [3.05, 3.63) is 54.4 Å². The fraction of sp³-hybridized carbons (Fsp3) is 0.304. The molecule has 5 rings (SSSR count). The highest BCUT2D eigenvalue weighted by Crippen LogP contribution is 2.36. The Hall–Kier alpha value is -3.18. The van der Waals surface area contributed by atoms with Gasteiger partial charge in [0.05, 0.1) is 25.3 Å². The number of benzene rings is 2. The van der Waals surface area contributed by atoms with Crippen LogP contribution in [0.15, 0.2) is 58.7 Å². The lowest BCUT2D eigenvalue weighted by molar-refractivity contribution is -0.145. The second kappa shape index (κ2) is 9.22. The maximum absolute atomic E-state index is 13.5. The smallest absolute Gasteiger partial charge is 0.451 e. The van der Waals surface area contributed by atoms with E-state index in [4.69, 9.17) is 9.47 Å². The van der Waals surface area contributed by atoms with Crippen LogP contribution in [0.1, 0.15) is 18.7 Å². The molecule has 0 bridgehead atoms. The van der Waals surface area contributed by atoms with E-state index in [2.05, 4.69) is 20.2 Å². The van der Waals surface area contributed by atoms with E-state index in [0.717, 1.165) is 30.2 Å². The molecule has 0 aliphatic carbocycles. The standard InChI is InChI=1S/C23H20F3N5O2S/c1-32-15-10-8-14(9-11-15)19-29-30-22(31(19)13-16-5-4-12-33-16)34-20-17-6-2-3-7-18(17)27-21(28-20)23(24,25)26/h2-3,6-11,16H,4-5,12-13H2,1H3. The molecule has 11 heteroatoms. The van der Waals surface area contributed by atoms with Gasteiger partial charge in [-0.25, -0.2) is 9.97 Å². The SMILES string of the molecule is COc1ccc(-c2nnc(Sc3nc(C(F)(F)F)nc4ccccc34)n2CC2CCCO2)cc1. The summed E-state index contributed by atoms with van der Waals surface area (Å²) in [6, 6.07) is 14.0. The van der Waals surface area contributed by atoms with Crippen LogP contribution in [-0.4, -0.2) is 44.6 Å². The number of hydrogen-bond donors (Lipinski definition) is 0. The highest BCUT2D eigenvalue weighted by molar-refractivity contribution is 7.99. The van der Waals surface area contributed by atoms with E-state index in [-0.39, 0.29) is 16.6 Å². The molecule has 0 amide bonds. The molecule has 34 heavy (non-hydrogen) atoms. The van der Waals surface area contributed by atoms with Crippen LogP contribution in [0.4, 0.5) is 13.2 Å². The molecule has 176 valence electrons. The summed E-state index contributed by atoms with van der Waals surface area (Å²) in [6.07, 6.45) is -2.85. The largest absolute Gasteiger partial charge is 0.497 e. The number of methoxy groups -OCH3 is 1. The van der Waals surface area contributed by atoms with Gasteiger partial charge in [0.1, 0.15) is 10.8 Å². The summed E-state index contributed by atoms with van der Waals surface area (Å²) in [5.41, 5.74) is 1.02. The summed E-state index contributed by atoms with van der Waals surface area (Å²) in [5, 5.41) is 9.79. The molecule has 0 N–H and O–H groups in total. The highest BCUT2D eigenvalue weighted by atomic mass is 32.2. The van der Waals surface area contributed by atoms with Gasteiger partial charge in [0.25, 0.3) is 0 Å². The molecular formula is C23H20F3N5O2S. The van der Waals surface area contributed by atoms with Crippen molar-refractivity contribution < 1.29 is 22.6 Å². The Balaban J connectivity index is 1.58. The van der Waals surface area contributed by atoms with Crippen LogP contribution in [-0.2, 0) is 17.5 Å². The zero-order valence-electron chi connectivity index (χ0n) is 18.1. The normalized spacial score (nSPS) is 16.3. The number of halogens is 3. The third-order valence-corrected chi connectivity index (χ3v) is 6.47. The summed E-state index contributed by atoms with van der Waals surface area (Å²) < 4.78 is 53.4. The number of hydrogen-bond acceptors (Lipinski definition) is 7. The number of para-hydroxylation sites is 1. The van der Waals surface area contributed by atoms with Crippen molar-refractivity contribution in [2.45, 2.75) is 41.8 Å². The summed E-state index contributed by atoms with van der Waals surface area (Å²) in [5.74, 6) is 0.111. The molecule has 1 fully saturated rings. The second-order valence-corrected chi connectivity index (χ2v) is 8.71. The fourth-order valence-electron chi connectivity index (χ4n) is 3.81. The first kappa shape index (κ1) is 22.6. The fourth-order valence-corrected chi connectivity index (χ4v) is 4.75. The molecular weight excluding hydrogens is 467 g/mol. The van der Waals surface area contributed by atoms with Gasteiger partial charge < -0.3 is 9.47 Å². The number of nitrogens with zero attached hydrogens (tertiary/aromatic N) is 5. The van der Waals surface area contributed by atoms with E-state index in [1.54, 1.807) is 25.3 Å². The monoisotopic (exact) mass is 487 g/mol. The summed E-state index contributed by atoms with van der Waals surface area (Å²) >= 11 is 1.04. The molecule has 1 unspecified atom stereocenters. The zero-order chi connectivity index (χ0) is 23.7. The first-order valence-corrected chi connectivity index (χ1v) is 11.4. The average molecular weight is 488 g/mol.